The summed E-state index contributed by atoms with van der Waals surface area (Å²) >= 11 is 4.15. The SMILES string of the molecule is COc1ccccc1CNCCCS. The molecule has 0 radical (unpaired) electrons. The van der Waals surface area contributed by atoms with E-state index < -0.39 is 0 Å². The molecule has 0 aliphatic rings. The molecule has 78 valence electrons. The minimum absolute atomic E-state index is 0.859. The van der Waals surface area contributed by atoms with E-state index >= 15 is 0 Å². The van der Waals surface area contributed by atoms with Crippen molar-refractivity contribution in [1.29, 1.82) is 0 Å². The number of thiol groups is 1. The lowest BCUT2D eigenvalue weighted by Crippen LogP contribution is -2.15. The van der Waals surface area contributed by atoms with Gasteiger partial charge in [-0.1, -0.05) is 18.2 Å². The molecule has 0 fully saturated rings. The van der Waals surface area contributed by atoms with Crippen molar-refractivity contribution in [3.63, 3.8) is 0 Å². The number of nitrogens with one attached hydrogen (secondary N) is 1. The van der Waals surface area contributed by atoms with Gasteiger partial charge >= 0.3 is 0 Å². The third-order valence-electron chi connectivity index (χ3n) is 2.02. The average Bonchev–Trinajstić information content (AvgIpc) is 2.25. The van der Waals surface area contributed by atoms with Gasteiger partial charge in [0.1, 0.15) is 5.75 Å². The highest BCUT2D eigenvalue weighted by Crippen LogP contribution is 2.16. The highest BCUT2D eigenvalue weighted by molar-refractivity contribution is 7.80. The van der Waals surface area contributed by atoms with Gasteiger partial charge in [0.15, 0.2) is 0 Å². The lowest BCUT2D eigenvalue weighted by atomic mass is 10.2. The average molecular weight is 211 g/mol. The van der Waals surface area contributed by atoms with Crippen molar-refractivity contribution in [2.75, 3.05) is 19.4 Å². The predicted octanol–water partition coefficient (Wildman–Crippen LogP) is 2.10. The maximum absolute atomic E-state index is 5.25. The van der Waals surface area contributed by atoms with Gasteiger partial charge in [-0.25, -0.2) is 0 Å². The van der Waals surface area contributed by atoms with E-state index in [0.717, 1.165) is 31.0 Å². The zero-order chi connectivity index (χ0) is 10.2. The van der Waals surface area contributed by atoms with Crippen LogP contribution in [0.5, 0.6) is 5.75 Å². The van der Waals surface area contributed by atoms with Gasteiger partial charge in [0, 0.05) is 12.1 Å². The number of methoxy groups -OCH3 is 1. The Morgan fingerprint density at radius 1 is 1.36 bits per heavy atom. The first-order chi connectivity index (χ1) is 6.88. The summed E-state index contributed by atoms with van der Waals surface area (Å²) in [6, 6.07) is 8.07. The van der Waals surface area contributed by atoms with Gasteiger partial charge in [-0.15, -0.1) is 0 Å². The summed E-state index contributed by atoms with van der Waals surface area (Å²) < 4.78 is 5.25. The Bertz CT molecular complexity index is 265. The maximum atomic E-state index is 5.25. The van der Waals surface area contributed by atoms with Crippen LogP contribution in [0.2, 0.25) is 0 Å². The molecule has 1 N–H and O–H groups in total. The van der Waals surface area contributed by atoms with E-state index in [0.29, 0.717) is 0 Å². The van der Waals surface area contributed by atoms with Crippen molar-refractivity contribution in [2.45, 2.75) is 13.0 Å². The van der Waals surface area contributed by atoms with Gasteiger partial charge in [0.2, 0.25) is 0 Å². The Morgan fingerprint density at radius 2 is 2.14 bits per heavy atom. The van der Waals surface area contributed by atoms with Crippen LogP contribution in [-0.2, 0) is 6.54 Å². The highest BCUT2D eigenvalue weighted by atomic mass is 32.1. The van der Waals surface area contributed by atoms with Gasteiger partial charge in [-0.2, -0.15) is 12.6 Å². The molecule has 0 atom stereocenters. The van der Waals surface area contributed by atoms with Crippen molar-refractivity contribution >= 4 is 12.6 Å². The van der Waals surface area contributed by atoms with E-state index in [-0.39, 0.29) is 0 Å². The molecule has 3 heteroatoms. The predicted molar refractivity (Wildman–Crippen MR) is 63.2 cm³/mol. The summed E-state index contributed by atoms with van der Waals surface area (Å²) in [7, 11) is 1.70. The Balaban J connectivity index is 2.41. The van der Waals surface area contributed by atoms with Crippen LogP contribution in [-0.4, -0.2) is 19.4 Å². The Labute approximate surface area is 91.1 Å². The second kappa shape index (κ2) is 6.74. The van der Waals surface area contributed by atoms with Gasteiger partial charge in [-0.05, 0) is 24.8 Å². The fourth-order valence-corrected chi connectivity index (χ4v) is 1.43. The van der Waals surface area contributed by atoms with Crippen molar-refractivity contribution in [3.8, 4) is 5.75 Å². The molecular weight excluding hydrogens is 194 g/mol. The summed E-state index contributed by atoms with van der Waals surface area (Å²) in [5.74, 6) is 1.88. The summed E-state index contributed by atoms with van der Waals surface area (Å²) in [6.45, 7) is 1.86. The number of ether oxygens (including phenoxy) is 1. The zero-order valence-electron chi connectivity index (χ0n) is 8.49. The van der Waals surface area contributed by atoms with Crippen LogP contribution in [0.25, 0.3) is 0 Å². The van der Waals surface area contributed by atoms with Crippen LogP contribution in [0.4, 0.5) is 0 Å². The minimum atomic E-state index is 0.859. The van der Waals surface area contributed by atoms with Crippen molar-refractivity contribution in [2.24, 2.45) is 0 Å². The molecule has 0 aliphatic heterocycles. The molecule has 14 heavy (non-hydrogen) atoms. The normalized spacial score (nSPS) is 10.1. The summed E-state index contributed by atoms with van der Waals surface area (Å²) in [5.41, 5.74) is 1.20. The number of para-hydroxylation sites is 1. The van der Waals surface area contributed by atoms with Crippen LogP contribution in [0, 0.1) is 0 Å². The molecule has 0 bridgehead atoms. The molecule has 0 aliphatic carbocycles. The quantitative estimate of drug-likeness (QED) is 0.555. The molecule has 0 spiro atoms. The van der Waals surface area contributed by atoms with Gasteiger partial charge in [-0.3, -0.25) is 0 Å². The molecule has 0 saturated carbocycles. The van der Waals surface area contributed by atoms with E-state index in [9.17, 15) is 0 Å². The molecule has 0 unspecified atom stereocenters. The summed E-state index contributed by atoms with van der Waals surface area (Å²) in [4.78, 5) is 0. The van der Waals surface area contributed by atoms with Gasteiger partial charge in [0.05, 0.1) is 7.11 Å². The molecule has 0 heterocycles. The van der Waals surface area contributed by atoms with Crippen LogP contribution in [0.15, 0.2) is 24.3 Å². The van der Waals surface area contributed by atoms with E-state index in [4.69, 9.17) is 4.74 Å². The number of hydrogen-bond donors (Lipinski definition) is 2. The van der Waals surface area contributed by atoms with E-state index in [1.54, 1.807) is 7.11 Å². The first kappa shape index (κ1) is 11.4. The van der Waals surface area contributed by atoms with Crippen LogP contribution < -0.4 is 10.1 Å². The lowest BCUT2D eigenvalue weighted by molar-refractivity contribution is 0.408. The smallest absolute Gasteiger partial charge is 0.123 e. The molecule has 1 rings (SSSR count). The fourth-order valence-electron chi connectivity index (χ4n) is 1.28. The fraction of sp³-hybridized carbons (Fsp3) is 0.455. The molecule has 0 amide bonds. The van der Waals surface area contributed by atoms with E-state index in [1.165, 1.54) is 5.56 Å². The Morgan fingerprint density at radius 3 is 2.86 bits per heavy atom. The third kappa shape index (κ3) is 3.60. The van der Waals surface area contributed by atoms with Gasteiger partial charge < -0.3 is 10.1 Å². The molecule has 0 aromatic heterocycles. The summed E-state index contributed by atoms with van der Waals surface area (Å²) in [5, 5.41) is 3.35. The molecule has 2 nitrogen and oxygen atoms in total. The first-order valence-corrected chi connectivity index (χ1v) is 5.45. The number of rotatable bonds is 6. The summed E-state index contributed by atoms with van der Waals surface area (Å²) in [6.07, 6.45) is 1.10. The second-order valence-electron chi connectivity index (χ2n) is 3.07. The third-order valence-corrected chi connectivity index (χ3v) is 2.34. The standard InChI is InChI=1S/C11H17NOS/c1-13-11-6-3-2-5-10(11)9-12-7-4-8-14/h2-3,5-6,12,14H,4,7-9H2,1H3. The van der Waals surface area contributed by atoms with Crippen LogP contribution in [0.3, 0.4) is 0 Å². The first-order valence-electron chi connectivity index (χ1n) is 4.82. The number of hydrogen-bond acceptors (Lipinski definition) is 3. The van der Waals surface area contributed by atoms with E-state index in [2.05, 4.69) is 24.0 Å². The van der Waals surface area contributed by atoms with Gasteiger partial charge in [0.25, 0.3) is 0 Å². The van der Waals surface area contributed by atoms with Crippen molar-refractivity contribution in [3.05, 3.63) is 29.8 Å². The van der Waals surface area contributed by atoms with Crippen molar-refractivity contribution in [1.82, 2.24) is 5.32 Å². The van der Waals surface area contributed by atoms with Crippen LogP contribution in [0.1, 0.15) is 12.0 Å². The highest BCUT2D eigenvalue weighted by Gasteiger charge is 1.99. The largest absolute Gasteiger partial charge is 0.496 e. The second-order valence-corrected chi connectivity index (χ2v) is 3.51. The molecule has 1 aromatic carbocycles. The van der Waals surface area contributed by atoms with Crippen molar-refractivity contribution < 1.29 is 4.74 Å². The maximum Gasteiger partial charge on any atom is 0.123 e. The molecule has 0 saturated heterocycles. The number of benzene rings is 1. The molecular formula is C11H17NOS. The zero-order valence-corrected chi connectivity index (χ0v) is 9.39. The van der Waals surface area contributed by atoms with E-state index in [1.807, 2.05) is 18.2 Å². The van der Waals surface area contributed by atoms with Crippen LogP contribution >= 0.6 is 12.6 Å². The Kier molecular flexibility index (Phi) is 5.49. The monoisotopic (exact) mass is 211 g/mol. The minimum Gasteiger partial charge on any atom is -0.496 e. The molecule has 1 aromatic rings. The topological polar surface area (TPSA) is 21.3 Å². The Hall–Kier alpha value is -0.670. The lowest BCUT2D eigenvalue weighted by Gasteiger charge is -2.08.